The van der Waals surface area contributed by atoms with Gasteiger partial charge in [0.1, 0.15) is 5.82 Å². The van der Waals surface area contributed by atoms with E-state index in [-0.39, 0.29) is 29.8 Å². The normalized spacial score (nSPS) is 14.6. The molecule has 0 unspecified atom stereocenters. The van der Waals surface area contributed by atoms with Crippen molar-refractivity contribution in [3.63, 3.8) is 0 Å². The summed E-state index contributed by atoms with van der Waals surface area (Å²) in [5.74, 6) is -1.97. The number of non-ortho nitro benzene ring substituents is 1. The third-order valence-electron chi connectivity index (χ3n) is 6.02. The molecule has 0 aliphatic carbocycles. The zero-order chi connectivity index (χ0) is 25.5. The molecule has 0 saturated carbocycles. The van der Waals surface area contributed by atoms with E-state index in [9.17, 15) is 24.1 Å². The Morgan fingerprint density at radius 2 is 1.72 bits per heavy atom. The van der Waals surface area contributed by atoms with E-state index in [0.717, 1.165) is 5.56 Å². The fourth-order valence-corrected chi connectivity index (χ4v) is 4.14. The highest BCUT2D eigenvalue weighted by atomic mass is 19.1. The average Bonchev–Trinajstić information content (AvgIpc) is 2.90. The van der Waals surface area contributed by atoms with Crippen molar-refractivity contribution in [1.82, 2.24) is 15.2 Å². The van der Waals surface area contributed by atoms with Gasteiger partial charge in [0.05, 0.1) is 16.7 Å². The molecule has 186 valence electrons. The predicted octanol–water partition coefficient (Wildman–Crippen LogP) is 2.75. The van der Waals surface area contributed by atoms with Gasteiger partial charge in [0.15, 0.2) is 0 Å². The molecular formula is C25H25FN6O4. The number of anilines is 2. The summed E-state index contributed by atoms with van der Waals surface area (Å²) in [6, 6.07) is 15.3. The number of hydrogen-bond acceptors (Lipinski definition) is 7. The summed E-state index contributed by atoms with van der Waals surface area (Å²) in [5.41, 5.74) is 1.60. The fourth-order valence-electron chi connectivity index (χ4n) is 4.14. The first kappa shape index (κ1) is 24.7. The number of nitro groups is 1. The van der Waals surface area contributed by atoms with Crippen LogP contribution in [0.2, 0.25) is 0 Å². The minimum atomic E-state index is -0.877. The van der Waals surface area contributed by atoms with E-state index in [0.29, 0.717) is 31.9 Å². The van der Waals surface area contributed by atoms with Crippen LogP contribution in [-0.4, -0.2) is 59.3 Å². The van der Waals surface area contributed by atoms with Crippen LogP contribution in [0.1, 0.15) is 11.6 Å². The summed E-state index contributed by atoms with van der Waals surface area (Å²) >= 11 is 0. The number of benzene rings is 2. The number of carbonyl (C=O) groups excluding carboxylic acids is 2. The summed E-state index contributed by atoms with van der Waals surface area (Å²) in [5, 5.41) is 15.9. The van der Waals surface area contributed by atoms with Gasteiger partial charge in [-0.2, -0.15) is 0 Å². The van der Waals surface area contributed by atoms with Crippen LogP contribution in [0.25, 0.3) is 0 Å². The molecule has 0 spiro atoms. The van der Waals surface area contributed by atoms with Crippen LogP contribution in [0.15, 0.2) is 73.1 Å². The first-order valence-electron chi connectivity index (χ1n) is 11.4. The van der Waals surface area contributed by atoms with Gasteiger partial charge in [0.25, 0.3) is 5.69 Å². The lowest BCUT2D eigenvalue weighted by atomic mass is 10.1. The fraction of sp³-hybridized carbons (Fsp3) is 0.240. The summed E-state index contributed by atoms with van der Waals surface area (Å²) in [6.45, 7) is 2.62. The number of carbonyl (C=O) groups is 2. The third kappa shape index (κ3) is 5.99. The number of nitro benzene ring substituents is 1. The molecule has 0 radical (unpaired) electrons. The Morgan fingerprint density at radius 3 is 2.36 bits per heavy atom. The van der Waals surface area contributed by atoms with Crippen molar-refractivity contribution in [3.05, 3.63) is 94.6 Å². The molecule has 2 aromatic carbocycles. The van der Waals surface area contributed by atoms with Crippen molar-refractivity contribution in [3.8, 4) is 0 Å². The molecule has 1 fully saturated rings. The SMILES string of the molecule is O=C(NC[C@@H](c1cccnc1)N1CCN(c2ccccc2F)CC1)C(=O)Nc1ccc([N+](=O)[O-])cc1. The Hall–Kier alpha value is -4.38. The maximum absolute atomic E-state index is 14.2. The number of rotatable bonds is 7. The molecule has 2 amide bonds. The Bertz CT molecular complexity index is 1220. The van der Waals surface area contributed by atoms with Gasteiger partial charge in [-0.05, 0) is 35.9 Å². The molecular weight excluding hydrogens is 467 g/mol. The lowest BCUT2D eigenvalue weighted by Crippen LogP contribution is -2.50. The number of para-hydroxylation sites is 1. The zero-order valence-corrected chi connectivity index (χ0v) is 19.3. The minimum absolute atomic E-state index is 0.119. The second-order valence-electron chi connectivity index (χ2n) is 8.24. The molecule has 1 aliphatic heterocycles. The van der Waals surface area contributed by atoms with E-state index in [1.54, 1.807) is 36.7 Å². The molecule has 1 saturated heterocycles. The number of nitrogens with one attached hydrogen (secondary N) is 2. The highest BCUT2D eigenvalue weighted by molar-refractivity contribution is 6.39. The second kappa shape index (κ2) is 11.4. The van der Waals surface area contributed by atoms with Crippen LogP contribution in [0.3, 0.4) is 0 Å². The Kier molecular flexibility index (Phi) is 7.81. The van der Waals surface area contributed by atoms with Gasteiger partial charge < -0.3 is 15.5 Å². The molecule has 4 rings (SSSR count). The van der Waals surface area contributed by atoms with Gasteiger partial charge in [0.2, 0.25) is 0 Å². The van der Waals surface area contributed by atoms with E-state index in [1.807, 2.05) is 11.0 Å². The standard InChI is InChI=1S/C25H25FN6O4/c26-21-5-1-2-6-22(21)30-12-14-31(15-13-30)23(18-4-3-11-27-16-18)17-28-24(33)25(34)29-19-7-9-20(10-8-19)32(35)36/h1-11,16,23H,12-15,17H2,(H,28,33)(H,29,34)/t23-/m0/s1. The summed E-state index contributed by atoms with van der Waals surface area (Å²) < 4.78 is 14.2. The van der Waals surface area contributed by atoms with Gasteiger partial charge in [-0.15, -0.1) is 0 Å². The van der Waals surface area contributed by atoms with Crippen molar-refractivity contribution >= 4 is 28.9 Å². The third-order valence-corrected chi connectivity index (χ3v) is 6.02. The van der Waals surface area contributed by atoms with Crippen LogP contribution >= 0.6 is 0 Å². The van der Waals surface area contributed by atoms with Crippen molar-refractivity contribution < 1.29 is 18.9 Å². The number of piperazine rings is 1. The van der Waals surface area contributed by atoms with Gasteiger partial charge >= 0.3 is 11.8 Å². The summed E-state index contributed by atoms with van der Waals surface area (Å²) in [7, 11) is 0. The van der Waals surface area contributed by atoms with E-state index < -0.39 is 16.7 Å². The number of nitrogens with zero attached hydrogens (tertiary/aromatic N) is 4. The largest absolute Gasteiger partial charge is 0.367 e. The Labute approximate surface area is 206 Å². The van der Waals surface area contributed by atoms with Crippen LogP contribution in [0.4, 0.5) is 21.5 Å². The van der Waals surface area contributed by atoms with Gasteiger partial charge in [0, 0.05) is 62.9 Å². The van der Waals surface area contributed by atoms with E-state index in [4.69, 9.17) is 0 Å². The highest BCUT2D eigenvalue weighted by Gasteiger charge is 2.27. The topological polar surface area (TPSA) is 121 Å². The van der Waals surface area contributed by atoms with Crippen molar-refractivity contribution in [2.24, 2.45) is 0 Å². The molecule has 36 heavy (non-hydrogen) atoms. The van der Waals surface area contributed by atoms with Crippen molar-refractivity contribution in [2.45, 2.75) is 6.04 Å². The predicted molar refractivity (Wildman–Crippen MR) is 132 cm³/mol. The monoisotopic (exact) mass is 492 g/mol. The molecule has 1 aliphatic rings. The van der Waals surface area contributed by atoms with Gasteiger partial charge in [-0.3, -0.25) is 29.6 Å². The van der Waals surface area contributed by atoms with Crippen LogP contribution in [0, 0.1) is 15.9 Å². The minimum Gasteiger partial charge on any atom is -0.367 e. The second-order valence-corrected chi connectivity index (χ2v) is 8.24. The molecule has 3 aromatic rings. The number of halogens is 1. The van der Waals surface area contributed by atoms with Crippen molar-refractivity contribution in [2.75, 3.05) is 42.9 Å². The maximum Gasteiger partial charge on any atom is 0.313 e. The first-order chi connectivity index (χ1) is 17.4. The molecule has 1 aromatic heterocycles. The van der Waals surface area contributed by atoms with Gasteiger partial charge in [-0.1, -0.05) is 18.2 Å². The summed E-state index contributed by atoms with van der Waals surface area (Å²) in [4.78, 5) is 43.4. The van der Waals surface area contributed by atoms with E-state index >= 15 is 0 Å². The lowest BCUT2D eigenvalue weighted by Gasteiger charge is -2.40. The van der Waals surface area contributed by atoms with Crippen LogP contribution in [-0.2, 0) is 9.59 Å². The zero-order valence-electron chi connectivity index (χ0n) is 19.3. The molecule has 2 heterocycles. The number of pyridine rings is 1. The molecule has 0 bridgehead atoms. The van der Waals surface area contributed by atoms with E-state index in [1.165, 1.54) is 30.3 Å². The lowest BCUT2D eigenvalue weighted by molar-refractivity contribution is -0.384. The van der Waals surface area contributed by atoms with Gasteiger partial charge in [-0.25, -0.2) is 4.39 Å². The average molecular weight is 493 g/mol. The quantitative estimate of drug-likeness (QED) is 0.296. The molecule has 2 N–H and O–H groups in total. The number of hydrogen-bond donors (Lipinski definition) is 2. The Morgan fingerprint density at radius 1 is 1.00 bits per heavy atom. The molecule has 11 heteroatoms. The molecule has 1 atom stereocenters. The van der Waals surface area contributed by atoms with Crippen molar-refractivity contribution in [1.29, 1.82) is 0 Å². The van der Waals surface area contributed by atoms with E-state index in [2.05, 4.69) is 20.5 Å². The molecule has 10 nitrogen and oxygen atoms in total. The smallest absolute Gasteiger partial charge is 0.313 e. The maximum atomic E-state index is 14.2. The highest BCUT2D eigenvalue weighted by Crippen LogP contribution is 2.25. The number of amides is 2. The summed E-state index contributed by atoms with van der Waals surface area (Å²) in [6.07, 6.45) is 3.38. The van der Waals surface area contributed by atoms with Crippen LogP contribution < -0.4 is 15.5 Å². The number of aromatic nitrogens is 1. The first-order valence-corrected chi connectivity index (χ1v) is 11.4. The Balaban J connectivity index is 1.38. The van der Waals surface area contributed by atoms with Crippen LogP contribution in [0.5, 0.6) is 0 Å².